The fourth-order valence-electron chi connectivity index (χ4n) is 3.76. The normalized spacial score (nSPS) is 15.5. The molecule has 1 atom stereocenters. The first-order valence-corrected chi connectivity index (χ1v) is 10.2. The van der Waals surface area contributed by atoms with Gasteiger partial charge in [-0.3, -0.25) is 0 Å². The van der Waals surface area contributed by atoms with Crippen molar-refractivity contribution in [3.05, 3.63) is 76.0 Å². The minimum absolute atomic E-state index is 0.231. The lowest BCUT2D eigenvalue weighted by Gasteiger charge is -2.37. The minimum Gasteiger partial charge on any atom is -0.493 e. The smallest absolute Gasteiger partial charge is 0.322 e. The van der Waals surface area contributed by atoms with Crippen molar-refractivity contribution >= 4 is 34.9 Å². The number of methoxy groups -OCH3 is 2. The third-order valence-corrected chi connectivity index (χ3v) is 5.75. The number of rotatable bonds is 4. The van der Waals surface area contributed by atoms with Gasteiger partial charge in [0.15, 0.2) is 11.5 Å². The molecule has 2 heterocycles. The van der Waals surface area contributed by atoms with Crippen LogP contribution in [0.4, 0.5) is 10.5 Å². The molecule has 4 rings (SSSR count). The van der Waals surface area contributed by atoms with Crippen LogP contribution >= 0.6 is 23.2 Å². The Balaban J connectivity index is 1.67. The number of benzene rings is 2. The van der Waals surface area contributed by atoms with Crippen LogP contribution in [0.25, 0.3) is 0 Å². The molecule has 1 aliphatic heterocycles. The van der Waals surface area contributed by atoms with Gasteiger partial charge in [0, 0.05) is 46.8 Å². The number of fused-ring (bicyclic) bond motifs is 1. The van der Waals surface area contributed by atoms with E-state index in [-0.39, 0.29) is 12.1 Å². The molecule has 3 aromatic rings. The molecule has 0 aliphatic carbocycles. The van der Waals surface area contributed by atoms with Crippen molar-refractivity contribution in [3.63, 3.8) is 0 Å². The molecule has 1 aromatic heterocycles. The number of carbonyl (C=O) groups is 1. The SMILES string of the molecule is COc1ccc(NC(=O)N2CCn3cccc3[C@H]2c2ccc(Cl)cc2Cl)cc1OC. The Morgan fingerprint density at radius 2 is 1.83 bits per heavy atom. The van der Waals surface area contributed by atoms with Crippen LogP contribution in [0.2, 0.25) is 10.0 Å². The van der Waals surface area contributed by atoms with Crippen LogP contribution < -0.4 is 14.8 Å². The van der Waals surface area contributed by atoms with Crippen molar-refractivity contribution in [2.24, 2.45) is 0 Å². The summed E-state index contributed by atoms with van der Waals surface area (Å²) in [6.07, 6.45) is 2.01. The van der Waals surface area contributed by atoms with Gasteiger partial charge in [-0.2, -0.15) is 0 Å². The molecule has 1 aliphatic rings. The van der Waals surface area contributed by atoms with E-state index in [1.807, 2.05) is 24.4 Å². The predicted molar refractivity (Wildman–Crippen MR) is 118 cm³/mol. The van der Waals surface area contributed by atoms with Crippen LogP contribution in [0.15, 0.2) is 54.7 Å². The largest absolute Gasteiger partial charge is 0.493 e. The van der Waals surface area contributed by atoms with E-state index < -0.39 is 0 Å². The highest BCUT2D eigenvalue weighted by Crippen LogP contribution is 2.38. The molecule has 0 saturated heterocycles. The van der Waals surface area contributed by atoms with Crippen molar-refractivity contribution in [1.29, 1.82) is 0 Å². The van der Waals surface area contributed by atoms with Gasteiger partial charge in [-0.15, -0.1) is 0 Å². The molecule has 0 spiro atoms. The number of urea groups is 1. The van der Waals surface area contributed by atoms with Crippen molar-refractivity contribution in [2.45, 2.75) is 12.6 Å². The van der Waals surface area contributed by atoms with E-state index in [2.05, 4.69) is 9.88 Å². The van der Waals surface area contributed by atoms with E-state index in [1.54, 1.807) is 49.5 Å². The lowest BCUT2D eigenvalue weighted by molar-refractivity contribution is 0.182. The highest BCUT2D eigenvalue weighted by atomic mass is 35.5. The summed E-state index contributed by atoms with van der Waals surface area (Å²) in [5, 5.41) is 4.04. The maximum Gasteiger partial charge on any atom is 0.322 e. The number of ether oxygens (including phenoxy) is 2. The summed E-state index contributed by atoms with van der Waals surface area (Å²) < 4.78 is 12.7. The zero-order valence-corrected chi connectivity index (χ0v) is 18.1. The number of carbonyl (C=O) groups excluding carboxylic acids is 1. The number of amides is 2. The fraction of sp³-hybridized carbons (Fsp3) is 0.227. The second kappa shape index (κ2) is 8.50. The average Bonchev–Trinajstić information content (AvgIpc) is 3.22. The maximum atomic E-state index is 13.3. The van der Waals surface area contributed by atoms with Gasteiger partial charge < -0.3 is 24.3 Å². The fourth-order valence-corrected chi connectivity index (χ4v) is 4.27. The van der Waals surface area contributed by atoms with Crippen molar-refractivity contribution < 1.29 is 14.3 Å². The number of hydrogen-bond acceptors (Lipinski definition) is 3. The highest BCUT2D eigenvalue weighted by molar-refractivity contribution is 6.35. The molecule has 6 nitrogen and oxygen atoms in total. The topological polar surface area (TPSA) is 55.7 Å². The van der Waals surface area contributed by atoms with Gasteiger partial charge in [-0.05, 0) is 42.0 Å². The summed E-state index contributed by atoms with van der Waals surface area (Å²) in [5.41, 5.74) is 2.43. The number of halogens is 2. The Morgan fingerprint density at radius 1 is 1.03 bits per heavy atom. The molecule has 0 saturated carbocycles. The number of aromatic nitrogens is 1. The zero-order chi connectivity index (χ0) is 21.3. The molecule has 0 radical (unpaired) electrons. The molecule has 2 amide bonds. The van der Waals surface area contributed by atoms with Gasteiger partial charge in [-0.1, -0.05) is 29.3 Å². The molecular weight excluding hydrogens is 425 g/mol. The summed E-state index contributed by atoms with van der Waals surface area (Å²) >= 11 is 12.6. The molecule has 2 aromatic carbocycles. The molecule has 30 heavy (non-hydrogen) atoms. The van der Waals surface area contributed by atoms with Crippen LogP contribution in [0.3, 0.4) is 0 Å². The minimum atomic E-state index is -0.335. The van der Waals surface area contributed by atoms with Crippen molar-refractivity contribution in [3.8, 4) is 11.5 Å². The maximum absolute atomic E-state index is 13.3. The van der Waals surface area contributed by atoms with E-state index in [1.165, 1.54) is 0 Å². The van der Waals surface area contributed by atoms with Crippen molar-refractivity contribution in [2.75, 3.05) is 26.1 Å². The van der Waals surface area contributed by atoms with Crippen LogP contribution in [-0.4, -0.2) is 36.3 Å². The van der Waals surface area contributed by atoms with Crippen LogP contribution in [0.5, 0.6) is 11.5 Å². The average molecular weight is 446 g/mol. The van der Waals surface area contributed by atoms with Gasteiger partial charge >= 0.3 is 6.03 Å². The highest BCUT2D eigenvalue weighted by Gasteiger charge is 2.33. The number of nitrogens with zero attached hydrogens (tertiary/aromatic N) is 2. The third-order valence-electron chi connectivity index (χ3n) is 5.19. The summed E-state index contributed by atoms with van der Waals surface area (Å²) in [4.78, 5) is 15.1. The summed E-state index contributed by atoms with van der Waals surface area (Å²) in [7, 11) is 3.13. The van der Waals surface area contributed by atoms with Gasteiger partial charge in [0.2, 0.25) is 0 Å². The van der Waals surface area contributed by atoms with Crippen LogP contribution in [0.1, 0.15) is 17.3 Å². The molecule has 0 unspecified atom stereocenters. The molecule has 1 N–H and O–H groups in total. The van der Waals surface area contributed by atoms with E-state index >= 15 is 0 Å². The summed E-state index contributed by atoms with van der Waals surface area (Å²) in [5.74, 6) is 1.14. The molecule has 8 heteroatoms. The second-order valence-corrected chi connectivity index (χ2v) is 7.73. The van der Waals surface area contributed by atoms with Gasteiger partial charge in [0.25, 0.3) is 0 Å². The second-order valence-electron chi connectivity index (χ2n) is 6.89. The number of hydrogen-bond donors (Lipinski definition) is 1. The number of nitrogens with one attached hydrogen (secondary N) is 1. The van der Waals surface area contributed by atoms with E-state index in [4.69, 9.17) is 32.7 Å². The standard InChI is InChI=1S/C22H21Cl2N3O3/c1-29-19-8-6-15(13-20(19)30-2)25-22(28)27-11-10-26-9-3-4-18(26)21(27)16-7-5-14(23)12-17(16)24/h3-9,12-13,21H,10-11H2,1-2H3,(H,25,28)/t21-/m1/s1. The quantitative estimate of drug-likeness (QED) is 0.580. The van der Waals surface area contributed by atoms with Crippen LogP contribution in [0, 0.1) is 0 Å². The van der Waals surface area contributed by atoms with Crippen molar-refractivity contribution in [1.82, 2.24) is 9.47 Å². The predicted octanol–water partition coefficient (Wildman–Crippen LogP) is 5.45. The molecule has 156 valence electrons. The Bertz CT molecular complexity index is 1080. The van der Waals surface area contributed by atoms with Gasteiger partial charge in [-0.25, -0.2) is 4.79 Å². The first-order valence-electron chi connectivity index (χ1n) is 9.41. The van der Waals surface area contributed by atoms with Gasteiger partial charge in [0.1, 0.15) is 6.04 Å². The third kappa shape index (κ3) is 3.80. The number of anilines is 1. The summed E-state index contributed by atoms with van der Waals surface area (Å²) in [6, 6.07) is 14.0. The first-order chi connectivity index (χ1) is 14.5. The molecular formula is C22H21Cl2N3O3. The Morgan fingerprint density at radius 3 is 2.57 bits per heavy atom. The first kappa shape index (κ1) is 20.4. The van der Waals surface area contributed by atoms with Gasteiger partial charge in [0.05, 0.1) is 14.2 Å². The Hall–Kier alpha value is -2.83. The van der Waals surface area contributed by atoms with E-state index in [9.17, 15) is 4.79 Å². The molecule has 0 bridgehead atoms. The monoisotopic (exact) mass is 445 g/mol. The van der Waals surface area contributed by atoms with Crippen LogP contribution in [-0.2, 0) is 6.54 Å². The lowest BCUT2D eigenvalue weighted by atomic mass is 10.00. The zero-order valence-electron chi connectivity index (χ0n) is 16.6. The van der Waals surface area contributed by atoms with E-state index in [0.29, 0.717) is 40.3 Å². The molecule has 0 fully saturated rings. The lowest BCUT2D eigenvalue weighted by Crippen LogP contribution is -2.44. The van der Waals surface area contributed by atoms with E-state index in [0.717, 1.165) is 11.3 Å². The summed E-state index contributed by atoms with van der Waals surface area (Å²) in [6.45, 7) is 1.23. The Labute approximate surface area is 184 Å². The Kier molecular flexibility index (Phi) is 5.79.